The molecule has 6 rings (SSSR count). The van der Waals surface area contributed by atoms with Gasteiger partial charge in [0.2, 0.25) is 5.95 Å². The van der Waals surface area contributed by atoms with E-state index in [0.29, 0.717) is 28.5 Å². The number of rotatable bonds is 7. The largest absolute Gasteiger partial charge is 0.346 e. The number of halogens is 2. The summed E-state index contributed by atoms with van der Waals surface area (Å²) in [6, 6.07) is 10.4. The molecule has 13 heteroatoms. The van der Waals surface area contributed by atoms with E-state index in [1.165, 1.54) is 18.9 Å². The molecular weight excluding hydrogens is 552 g/mol. The van der Waals surface area contributed by atoms with Crippen LogP contribution in [0.3, 0.4) is 0 Å². The van der Waals surface area contributed by atoms with E-state index in [1.54, 1.807) is 18.5 Å². The number of anilines is 1. The lowest BCUT2D eigenvalue weighted by atomic mass is 10.1. The Kier molecular flexibility index (Phi) is 6.86. The maximum absolute atomic E-state index is 13.3. The number of alkyl halides is 2. The van der Waals surface area contributed by atoms with E-state index in [-0.39, 0.29) is 17.6 Å². The Labute approximate surface area is 235 Å². The van der Waals surface area contributed by atoms with Crippen LogP contribution in [0, 0.1) is 0 Å². The first kappa shape index (κ1) is 27.1. The highest BCUT2D eigenvalue weighted by molar-refractivity contribution is 7.90. The average Bonchev–Trinajstić information content (AvgIpc) is 3.72. The number of fused-ring (bicyclic) bond motifs is 1. The first-order valence-electron chi connectivity index (χ1n) is 13.1. The minimum atomic E-state index is -3.96. The van der Waals surface area contributed by atoms with E-state index < -0.39 is 32.6 Å². The lowest BCUT2D eigenvalue weighted by molar-refractivity contribution is 0.0949. The molecule has 1 aliphatic carbocycles. The molecule has 1 aromatic carbocycles. The molecule has 2 fully saturated rings. The SMILES string of the molecule is CS(=O)(=O)c1cc(C(=O)NCc2cc3nc(-c4ccnc(N5CCNC6(CC6)C5)n4)ccc3cn2)ccc1C(F)F. The number of sulfone groups is 1. The molecule has 0 unspecified atom stereocenters. The number of amides is 1. The van der Waals surface area contributed by atoms with Crippen molar-refractivity contribution >= 4 is 32.6 Å². The number of carbonyl (C=O) groups excluding carboxylic acids is 1. The minimum Gasteiger partial charge on any atom is -0.346 e. The van der Waals surface area contributed by atoms with Crippen molar-refractivity contribution in [1.29, 1.82) is 0 Å². The number of piperazine rings is 1. The van der Waals surface area contributed by atoms with Crippen molar-refractivity contribution in [3.8, 4) is 11.4 Å². The summed E-state index contributed by atoms with van der Waals surface area (Å²) in [7, 11) is -3.96. The maximum Gasteiger partial charge on any atom is 0.265 e. The van der Waals surface area contributed by atoms with Gasteiger partial charge < -0.3 is 15.5 Å². The van der Waals surface area contributed by atoms with Crippen LogP contribution in [0.2, 0.25) is 0 Å². The quantitative estimate of drug-likeness (QED) is 0.339. The smallest absolute Gasteiger partial charge is 0.265 e. The number of aromatic nitrogens is 4. The third-order valence-electron chi connectivity index (χ3n) is 7.39. The Morgan fingerprint density at radius 1 is 1.10 bits per heavy atom. The molecule has 4 aromatic rings. The number of nitrogens with zero attached hydrogens (tertiary/aromatic N) is 5. The Morgan fingerprint density at radius 2 is 1.90 bits per heavy atom. The van der Waals surface area contributed by atoms with Gasteiger partial charge in [0.25, 0.3) is 12.3 Å². The average molecular weight is 580 g/mol. The summed E-state index contributed by atoms with van der Waals surface area (Å²) in [5.41, 5.74) is 2.05. The van der Waals surface area contributed by atoms with Gasteiger partial charge in [-0.15, -0.1) is 0 Å². The minimum absolute atomic E-state index is 0.0217. The van der Waals surface area contributed by atoms with Gasteiger partial charge in [-0.25, -0.2) is 32.2 Å². The molecule has 4 heterocycles. The van der Waals surface area contributed by atoms with Crippen molar-refractivity contribution in [2.45, 2.75) is 36.2 Å². The molecule has 1 amide bonds. The highest BCUT2D eigenvalue weighted by Gasteiger charge is 2.46. The molecule has 1 saturated carbocycles. The molecular formula is C28H27F2N7O3S. The van der Waals surface area contributed by atoms with Crippen LogP contribution < -0.4 is 15.5 Å². The predicted octanol–water partition coefficient (Wildman–Crippen LogP) is 3.30. The van der Waals surface area contributed by atoms with E-state index in [4.69, 9.17) is 9.97 Å². The van der Waals surface area contributed by atoms with Gasteiger partial charge in [0.05, 0.1) is 34.0 Å². The lowest BCUT2D eigenvalue weighted by Crippen LogP contribution is -2.53. The summed E-state index contributed by atoms with van der Waals surface area (Å²) in [6.45, 7) is 2.64. The van der Waals surface area contributed by atoms with Crippen molar-refractivity contribution < 1.29 is 22.0 Å². The fraction of sp³-hybridized carbons (Fsp3) is 0.321. The van der Waals surface area contributed by atoms with Crippen LogP contribution in [-0.4, -0.2) is 65.7 Å². The predicted molar refractivity (Wildman–Crippen MR) is 148 cm³/mol. The van der Waals surface area contributed by atoms with Crippen molar-refractivity contribution in [2.75, 3.05) is 30.8 Å². The lowest BCUT2D eigenvalue weighted by Gasteiger charge is -2.34. The number of hydrogen-bond acceptors (Lipinski definition) is 9. The van der Waals surface area contributed by atoms with Crippen LogP contribution in [0.1, 0.15) is 40.9 Å². The molecule has 1 aliphatic heterocycles. The molecule has 41 heavy (non-hydrogen) atoms. The zero-order valence-electron chi connectivity index (χ0n) is 22.1. The Hall–Kier alpha value is -4.10. The summed E-state index contributed by atoms with van der Waals surface area (Å²) >= 11 is 0. The Bertz CT molecular complexity index is 1760. The second kappa shape index (κ2) is 10.4. The van der Waals surface area contributed by atoms with Gasteiger partial charge in [0.1, 0.15) is 0 Å². The summed E-state index contributed by atoms with van der Waals surface area (Å²) in [5, 5.41) is 7.06. The number of pyridine rings is 2. The summed E-state index contributed by atoms with van der Waals surface area (Å²) in [4.78, 5) is 32.8. The van der Waals surface area contributed by atoms with Crippen LogP contribution >= 0.6 is 0 Å². The van der Waals surface area contributed by atoms with Gasteiger partial charge in [-0.05, 0) is 49.2 Å². The fourth-order valence-electron chi connectivity index (χ4n) is 5.00. The van der Waals surface area contributed by atoms with E-state index in [1.807, 2.05) is 18.2 Å². The first-order chi connectivity index (χ1) is 19.6. The Morgan fingerprint density at radius 3 is 2.66 bits per heavy atom. The molecule has 1 spiro atoms. The second-order valence-electron chi connectivity index (χ2n) is 10.4. The van der Waals surface area contributed by atoms with E-state index in [9.17, 15) is 22.0 Å². The van der Waals surface area contributed by atoms with Gasteiger partial charge in [-0.2, -0.15) is 0 Å². The van der Waals surface area contributed by atoms with Gasteiger partial charge in [-0.3, -0.25) is 9.78 Å². The van der Waals surface area contributed by atoms with Crippen molar-refractivity contribution in [3.63, 3.8) is 0 Å². The molecule has 0 atom stereocenters. The first-order valence-corrected chi connectivity index (χ1v) is 15.0. The van der Waals surface area contributed by atoms with Crippen LogP contribution in [0.4, 0.5) is 14.7 Å². The molecule has 212 valence electrons. The molecule has 10 nitrogen and oxygen atoms in total. The van der Waals surface area contributed by atoms with E-state index in [0.717, 1.165) is 43.4 Å². The summed E-state index contributed by atoms with van der Waals surface area (Å²) < 4.78 is 50.5. The summed E-state index contributed by atoms with van der Waals surface area (Å²) in [6.07, 6.45) is 3.56. The second-order valence-corrected chi connectivity index (χ2v) is 12.4. The molecule has 2 N–H and O–H groups in total. The van der Waals surface area contributed by atoms with Gasteiger partial charge in [-0.1, -0.05) is 6.07 Å². The van der Waals surface area contributed by atoms with Crippen LogP contribution in [0.5, 0.6) is 0 Å². The number of benzene rings is 1. The standard InChI is InChI=1S/C28H27F2N7O3S/c1-41(39,40)24-12-17(2-4-20(24)25(29)30)26(38)33-15-19-13-23-18(14-32-19)3-5-21(35-23)22-6-9-31-27(36-22)37-11-10-34-28(16-37)7-8-28/h2-6,9,12-14,25,34H,7-8,10-11,15-16H2,1H3,(H,33,38). The number of hydrogen-bond donors (Lipinski definition) is 2. The Balaban J connectivity index is 1.19. The fourth-order valence-corrected chi connectivity index (χ4v) is 5.93. The maximum atomic E-state index is 13.3. The van der Waals surface area contributed by atoms with Crippen LogP contribution in [0.25, 0.3) is 22.3 Å². The highest BCUT2D eigenvalue weighted by Crippen LogP contribution is 2.38. The topological polar surface area (TPSA) is 130 Å². The monoisotopic (exact) mass is 579 g/mol. The molecule has 2 aliphatic rings. The zero-order chi connectivity index (χ0) is 28.8. The van der Waals surface area contributed by atoms with Crippen molar-refractivity contribution in [2.24, 2.45) is 0 Å². The van der Waals surface area contributed by atoms with E-state index >= 15 is 0 Å². The molecule has 1 saturated heterocycles. The number of carbonyl (C=O) groups is 1. The van der Waals surface area contributed by atoms with Crippen LogP contribution in [0.15, 0.2) is 59.8 Å². The van der Waals surface area contributed by atoms with Crippen LogP contribution in [-0.2, 0) is 16.4 Å². The normalized spacial score (nSPS) is 16.3. The third kappa shape index (κ3) is 5.72. The van der Waals surface area contributed by atoms with Crippen molar-refractivity contribution in [1.82, 2.24) is 30.6 Å². The third-order valence-corrected chi connectivity index (χ3v) is 8.54. The van der Waals surface area contributed by atoms with Gasteiger partial charge >= 0.3 is 0 Å². The molecule has 0 radical (unpaired) electrons. The summed E-state index contributed by atoms with van der Waals surface area (Å²) in [5.74, 6) is 0.0599. The zero-order valence-corrected chi connectivity index (χ0v) is 23.0. The van der Waals surface area contributed by atoms with Crippen molar-refractivity contribution in [3.05, 3.63) is 71.7 Å². The van der Waals surface area contributed by atoms with Gasteiger partial charge in [0.15, 0.2) is 9.84 Å². The molecule has 0 bridgehead atoms. The van der Waals surface area contributed by atoms with Gasteiger partial charge in [0, 0.05) is 60.3 Å². The van der Waals surface area contributed by atoms with E-state index in [2.05, 4.69) is 25.5 Å². The molecule has 3 aromatic heterocycles. The highest BCUT2D eigenvalue weighted by atomic mass is 32.2. The number of nitrogens with one attached hydrogen (secondary N) is 2.